The molecule has 0 saturated heterocycles. The number of hydrogen-bond donors (Lipinski definition) is 3. The van der Waals surface area contributed by atoms with E-state index in [1.807, 2.05) is 0 Å². The summed E-state index contributed by atoms with van der Waals surface area (Å²) in [7, 11) is 0. The Hall–Kier alpha value is -3.11. The number of pyridine rings is 1. The smallest absolute Gasteiger partial charge is 0.502 e. The van der Waals surface area contributed by atoms with Crippen molar-refractivity contribution < 1.29 is 32.5 Å². The predicted octanol–water partition coefficient (Wildman–Crippen LogP) is 4.64. The van der Waals surface area contributed by atoms with Gasteiger partial charge in [0.1, 0.15) is 12.4 Å². The average molecular weight is 491 g/mol. The van der Waals surface area contributed by atoms with Gasteiger partial charge in [-0.05, 0) is 37.3 Å². The highest BCUT2D eigenvalue weighted by Crippen LogP contribution is 2.32. The summed E-state index contributed by atoms with van der Waals surface area (Å²) in [5.41, 5.74) is -1.47. The van der Waals surface area contributed by atoms with E-state index < -0.39 is 40.9 Å². The number of fused-ring (bicyclic) bond motifs is 1. The second kappa shape index (κ2) is 9.17. The van der Waals surface area contributed by atoms with Crippen LogP contribution in [0.5, 0.6) is 17.2 Å². The van der Waals surface area contributed by atoms with Gasteiger partial charge in [0.05, 0.1) is 21.7 Å². The number of hydrogen-bond acceptors (Lipinski definition) is 5. The van der Waals surface area contributed by atoms with Gasteiger partial charge in [-0.2, -0.15) is 0 Å². The quantitative estimate of drug-likeness (QED) is 0.467. The predicted molar refractivity (Wildman–Crippen MR) is 112 cm³/mol. The van der Waals surface area contributed by atoms with Gasteiger partial charge in [-0.15, -0.1) is 13.2 Å². The number of aromatic amines is 1. The standard InChI is InChI=1S/C20H15Cl2F3N2O5/c1-9(8-31-17-12(21)3-2-4-13(17)22)26-18(29)15-11-7-10(32-20(23,24)25)5-6-14(11)27-19(30)16(15)28/h2-7,9,28H,8H2,1H3,(H,26,29)(H,27,30)/t9-/m1/s1. The van der Waals surface area contributed by atoms with E-state index in [9.17, 15) is 27.9 Å². The first-order chi connectivity index (χ1) is 15.0. The first kappa shape index (κ1) is 23.6. The van der Waals surface area contributed by atoms with Gasteiger partial charge in [0.15, 0.2) is 11.5 Å². The van der Waals surface area contributed by atoms with Gasteiger partial charge in [0, 0.05) is 10.9 Å². The number of benzene rings is 2. The van der Waals surface area contributed by atoms with Crippen LogP contribution in [0.2, 0.25) is 10.0 Å². The fraction of sp³-hybridized carbons (Fsp3) is 0.200. The zero-order chi connectivity index (χ0) is 23.6. The number of amides is 1. The Kier molecular flexibility index (Phi) is 6.75. The molecule has 1 amide bonds. The summed E-state index contributed by atoms with van der Waals surface area (Å²) < 4.78 is 47.1. The lowest BCUT2D eigenvalue weighted by Crippen LogP contribution is -2.37. The molecule has 0 unspecified atom stereocenters. The van der Waals surface area contributed by atoms with E-state index in [-0.39, 0.29) is 33.3 Å². The molecule has 0 saturated carbocycles. The van der Waals surface area contributed by atoms with Crippen LogP contribution >= 0.6 is 23.2 Å². The molecule has 0 bridgehead atoms. The van der Waals surface area contributed by atoms with Gasteiger partial charge in [0.2, 0.25) is 0 Å². The highest BCUT2D eigenvalue weighted by Gasteiger charge is 2.31. The number of carbonyl (C=O) groups excluding carboxylic acids is 1. The largest absolute Gasteiger partial charge is 0.573 e. The van der Waals surface area contributed by atoms with E-state index in [1.54, 1.807) is 25.1 Å². The highest BCUT2D eigenvalue weighted by molar-refractivity contribution is 6.37. The average Bonchev–Trinajstić information content (AvgIpc) is 2.67. The van der Waals surface area contributed by atoms with Gasteiger partial charge in [0.25, 0.3) is 11.5 Å². The van der Waals surface area contributed by atoms with Crippen LogP contribution in [0.1, 0.15) is 17.3 Å². The summed E-state index contributed by atoms with van der Waals surface area (Å²) in [4.78, 5) is 27.1. The first-order valence-corrected chi connectivity index (χ1v) is 9.74. The molecule has 0 aliphatic carbocycles. The minimum atomic E-state index is -4.97. The molecule has 0 aliphatic rings. The van der Waals surface area contributed by atoms with Crippen LogP contribution < -0.4 is 20.3 Å². The van der Waals surface area contributed by atoms with Crippen molar-refractivity contribution in [3.8, 4) is 17.2 Å². The molecular formula is C20H15Cl2F3N2O5. The molecule has 3 N–H and O–H groups in total. The van der Waals surface area contributed by atoms with Crippen molar-refractivity contribution in [3.63, 3.8) is 0 Å². The van der Waals surface area contributed by atoms with Gasteiger partial charge in [-0.25, -0.2) is 0 Å². The molecule has 3 rings (SSSR count). The number of ether oxygens (including phenoxy) is 2. The summed E-state index contributed by atoms with van der Waals surface area (Å²) in [6.07, 6.45) is -4.97. The van der Waals surface area contributed by atoms with Crippen LogP contribution in [-0.4, -0.2) is 35.0 Å². The Bertz CT molecular complexity index is 1210. The molecule has 32 heavy (non-hydrogen) atoms. The number of aromatic nitrogens is 1. The van der Waals surface area contributed by atoms with Crippen LogP contribution in [0.15, 0.2) is 41.2 Å². The molecule has 12 heteroatoms. The number of halogens is 5. The number of rotatable bonds is 6. The Balaban J connectivity index is 1.86. The Morgan fingerprint density at radius 1 is 1.22 bits per heavy atom. The number of H-pyrrole nitrogens is 1. The van der Waals surface area contributed by atoms with Crippen molar-refractivity contribution in [1.29, 1.82) is 0 Å². The number of aromatic hydroxyl groups is 1. The molecule has 0 spiro atoms. The van der Waals surface area contributed by atoms with Crippen LogP contribution in [-0.2, 0) is 0 Å². The second-order valence-corrected chi connectivity index (χ2v) is 7.48. The fourth-order valence-corrected chi connectivity index (χ4v) is 3.36. The third-order valence-corrected chi connectivity index (χ3v) is 4.79. The topological polar surface area (TPSA) is 101 Å². The van der Waals surface area contributed by atoms with Crippen molar-refractivity contribution in [2.45, 2.75) is 19.3 Å². The molecule has 7 nitrogen and oxygen atoms in total. The Morgan fingerprint density at radius 2 is 1.88 bits per heavy atom. The number of para-hydroxylation sites is 1. The maximum absolute atomic E-state index is 12.8. The number of nitrogens with one attached hydrogen (secondary N) is 2. The van der Waals surface area contributed by atoms with E-state index in [0.717, 1.165) is 18.2 Å². The Labute approximate surface area is 188 Å². The van der Waals surface area contributed by atoms with Crippen LogP contribution in [0.25, 0.3) is 10.9 Å². The van der Waals surface area contributed by atoms with Crippen molar-refractivity contribution in [2.24, 2.45) is 0 Å². The van der Waals surface area contributed by atoms with Gasteiger partial charge in [-0.1, -0.05) is 29.3 Å². The van der Waals surface area contributed by atoms with E-state index in [2.05, 4.69) is 15.0 Å². The second-order valence-electron chi connectivity index (χ2n) is 6.67. The summed E-state index contributed by atoms with van der Waals surface area (Å²) in [6.45, 7) is 1.48. The third-order valence-electron chi connectivity index (χ3n) is 4.20. The molecule has 2 aromatic carbocycles. The SMILES string of the molecule is C[C@H](COc1c(Cl)cccc1Cl)NC(=O)c1c(O)c(=O)[nH]c2ccc(OC(F)(F)F)cc12. The zero-order valence-corrected chi connectivity index (χ0v) is 17.7. The number of alkyl halides is 3. The van der Waals surface area contributed by atoms with Crippen molar-refractivity contribution in [2.75, 3.05) is 6.61 Å². The third kappa shape index (κ3) is 5.38. The molecule has 3 aromatic rings. The highest BCUT2D eigenvalue weighted by atomic mass is 35.5. The Morgan fingerprint density at radius 3 is 2.50 bits per heavy atom. The molecule has 0 fully saturated rings. The molecule has 170 valence electrons. The van der Waals surface area contributed by atoms with Crippen LogP contribution in [0.4, 0.5) is 13.2 Å². The number of carbonyl (C=O) groups is 1. The minimum absolute atomic E-state index is 0.0271. The van der Waals surface area contributed by atoms with Gasteiger partial charge < -0.3 is 24.9 Å². The molecule has 0 radical (unpaired) electrons. The lowest BCUT2D eigenvalue weighted by molar-refractivity contribution is -0.274. The lowest BCUT2D eigenvalue weighted by atomic mass is 10.1. The first-order valence-electron chi connectivity index (χ1n) is 8.98. The lowest BCUT2D eigenvalue weighted by Gasteiger charge is -2.17. The molecule has 1 heterocycles. The minimum Gasteiger partial charge on any atom is -0.502 e. The van der Waals surface area contributed by atoms with Gasteiger partial charge >= 0.3 is 6.36 Å². The van der Waals surface area contributed by atoms with E-state index in [1.165, 1.54) is 0 Å². The summed E-state index contributed by atoms with van der Waals surface area (Å²) >= 11 is 12.0. The maximum atomic E-state index is 12.8. The summed E-state index contributed by atoms with van der Waals surface area (Å²) in [5.74, 6) is -2.30. The van der Waals surface area contributed by atoms with E-state index >= 15 is 0 Å². The molecular weight excluding hydrogens is 476 g/mol. The van der Waals surface area contributed by atoms with Gasteiger partial charge in [-0.3, -0.25) is 9.59 Å². The normalized spacial score (nSPS) is 12.4. The summed E-state index contributed by atoms with van der Waals surface area (Å²) in [6, 6.07) is 7.06. The van der Waals surface area contributed by atoms with E-state index in [0.29, 0.717) is 0 Å². The zero-order valence-electron chi connectivity index (χ0n) is 16.2. The molecule has 1 aromatic heterocycles. The molecule has 1 atom stereocenters. The monoisotopic (exact) mass is 490 g/mol. The van der Waals surface area contributed by atoms with Crippen molar-refractivity contribution in [3.05, 3.63) is 62.4 Å². The van der Waals surface area contributed by atoms with Crippen molar-refractivity contribution >= 4 is 40.0 Å². The molecule has 0 aliphatic heterocycles. The van der Waals surface area contributed by atoms with Crippen LogP contribution in [0.3, 0.4) is 0 Å². The van der Waals surface area contributed by atoms with Crippen molar-refractivity contribution in [1.82, 2.24) is 10.3 Å². The maximum Gasteiger partial charge on any atom is 0.573 e. The van der Waals surface area contributed by atoms with E-state index in [4.69, 9.17) is 27.9 Å². The fourth-order valence-electron chi connectivity index (χ4n) is 2.86. The summed E-state index contributed by atoms with van der Waals surface area (Å²) in [5, 5.41) is 13.0. The van der Waals surface area contributed by atoms with Crippen LogP contribution in [0, 0.1) is 0 Å².